The van der Waals surface area contributed by atoms with Gasteiger partial charge in [-0.1, -0.05) is 76.8 Å². The Labute approximate surface area is 223 Å². The minimum atomic E-state index is -4.88. The molecule has 0 aliphatic rings. The summed E-state index contributed by atoms with van der Waals surface area (Å²) in [7, 11) is -9.14. The zero-order chi connectivity index (χ0) is 19.5. The fourth-order valence-electron chi connectivity index (χ4n) is 2.68. The summed E-state index contributed by atoms with van der Waals surface area (Å²) in [6.07, 6.45) is 11.1. The van der Waals surface area contributed by atoms with Crippen LogP contribution in [-0.4, -0.2) is 28.0 Å². The van der Waals surface area contributed by atoms with E-state index < -0.39 is 30.0 Å². The van der Waals surface area contributed by atoms with E-state index in [4.69, 9.17) is 4.18 Å². The first kappa shape index (κ1) is 28.1. The van der Waals surface area contributed by atoms with Crippen molar-refractivity contribution in [3.63, 3.8) is 0 Å². The van der Waals surface area contributed by atoms with Crippen molar-refractivity contribution >= 4 is 20.2 Å². The van der Waals surface area contributed by atoms with Crippen LogP contribution in [-0.2, 0) is 24.4 Å². The van der Waals surface area contributed by atoms with Crippen LogP contribution in [0.4, 0.5) is 0 Å². The maximum atomic E-state index is 12.1. The number of benzene rings is 1. The first-order valence-electron chi connectivity index (χ1n) is 9.23. The molecule has 0 aliphatic heterocycles. The van der Waals surface area contributed by atoms with Gasteiger partial charge >= 0.3 is 68.9 Å². The number of rotatable bonds is 14. The smallest absolute Gasteiger partial charge is 0.744 e. The fraction of sp³-hybridized carbons (Fsp3) is 0.667. The van der Waals surface area contributed by atoms with Crippen molar-refractivity contribution in [2.24, 2.45) is 0 Å². The van der Waals surface area contributed by atoms with E-state index in [9.17, 15) is 21.4 Å². The van der Waals surface area contributed by atoms with E-state index in [1.54, 1.807) is 0 Å². The average molecular weight is 538 g/mol. The SMILES string of the molecule is CCCCCCCCCCCCOS(=O)(=O)c1ccccc1S(=O)(=O)[O-].[Cs+]. The molecule has 0 unspecified atom stereocenters. The molecule has 1 aromatic carbocycles. The molecule has 6 nitrogen and oxygen atoms in total. The molecular formula is C18H29CsO6S2. The molecule has 0 atom stereocenters. The van der Waals surface area contributed by atoms with E-state index >= 15 is 0 Å². The van der Waals surface area contributed by atoms with Gasteiger partial charge in [0.25, 0.3) is 10.1 Å². The number of hydrogen-bond acceptors (Lipinski definition) is 6. The molecule has 0 bridgehead atoms. The molecule has 0 spiro atoms. The zero-order valence-electron chi connectivity index (χ0n) is 16.4. The van der Waals surface area contributed by atoms with Gasteiger partial charge in [0.1, 0.15) is 15.0 Å². The summed E-state index contributed by atoms with van der Waals surface area (Å²) in [5.41, 5.74) is 0. The molecule has 0 aliphatic carbocycles. The normalized spacial score (nSPS) is 11.9. The van der Waals surface area contributed by atoms with Gasteiger partial charge in [-0.05, 0) is 18.6 Å². The van der Waals surface area contributed by atoms with Crippen molar-refractivity contribution in [2.45, 2.75) is 80.9 Å². The van der Waals surface area contributed by atoms with Gasteiger partial charge in [0.05, 0.1) is 11.5 Å². The Morgan fingerprint density at radius 1 is 0.778 bits per heavy atom. The van der Waals surface area contributed by atoms with Crippen molar-refractivity contribution in [3.05, 3.63) is 24.3 Å². The predicted octanol–water partition coefficient (Wildman–Crippen LogP) is 1.22. The third kappa shape index (κ3) is 11.8. The average Bonchev–Trinajstić information content (AvgIpc) is 2.59. The van der Waals surface area contributed by atoms with Crippen molar-refractivity contribution in [2.75, 3.05) is 6.61 Å². The summed E-state index contributed by atoms with van der Waals surface area (Å²) < 4.78 is 62.7. The van der Waals surface area contributed by atoms with Crippen LogP contribution < -0.4 is 68.9 Å². The standard InChI is InChI=1S/C18H30O6S2.Cs/c1-2-3-4-5-6-7-8-9-10-13-16-24-26(22,23)18-15-12-11-14-17(18)25(19,20)21;/h11-12,14-15H,2-10,13,16H2,1H3,(H,19,20,21);/q;+1/p-1. The van der Waals surface area contributed by atoms with Gasteiger partial charge in [-0.25, -0.2) is 8.42 Å². The Hall–Kier alpha value is 1.09. The van der Waals surface area contributed by atoms with Crippen LogP contribution in [0.3, 0.4) is 0 Å². The molecule has 1 aromatic rings. The minimum absolute atomic E-state index is 0. The van der Waals surface area contributed by atoms with E-state index in [0.29, 0.717) is 6.42 Å². The Morgan fingerprint density at radius 2 is 1.22 bits per heavy atom. The number of unbranched alkanes of at least 4 members (excludes halogenated alkanes) is 9. The second-order valence-electron chi connectivity index (χ2n) is 6.36. The molecule has 0 saturated carbocycles. The van der Waals surface area contributed by atoms with E-state index in [1.807, 2.05) is 0 Å². The summed E-state index contributed by atoms with van der Waals surface area (Å²) in [4.78, 5) is -1.37. The van der Waals surface area contributed by atoms with Gasteiger partial charge in [0.15, 0.2) is 0 Å². The van der Waals surface area contributed by atoms with E-state index in [-0.39, 0.29) is 75.5 Å². The van der Waals surface area contributed by atoms with Gasteiger partial charge in [-0.2, -0.15) is 8.42 Å². The molecule has 0 saturated heterocycles. The summed E-state index contributed by atoms with van der Waals surface area (Å²) in [6.45, 7) is 2.17. The summed E-state index contributed by atoms with van der Waals surface area (Å²) >= 11 is 0. The van der Waals surface area contributed by atoms with Gasteiger partial charge < -0.3 is 4.55 Å². The third-order valence-electron chi connectivity index (χ3n) is 4.12. The van der Waals surface area contributed by atoms with Crippen LogP contribution in [0.15, 0.2) is 34.1 Å². The minimum Gasteiger partial charge on any atom is -0.744 e. The van der Waals surface area contributed by atoms with E-state index in [2.05, 4.69) is 6.92 Å². The van der Waals surface area contributed by atoms with Gasteiger partial charge in [0, 0.05) is 0 Å². The molecule has 0 N–H and O–H groups in total. The zero-order valence-corrected chi connectivity index (χ0v) is 24.3. The van der Waals surface area contributed by atoms with Crippen molar-refractivity contribution in [1.29, 1.82) is 0 Å². The number of hydrogen-bond donors (Lipinski definition) is 0. The summed E-state index contributed by atoms with van der Waals surface area (Å²) in [5.74, 6) is 0. The molecule has 9 heteroatoms. The molecule has 27 heavy (non-hydrogen) atoms. The molecule has 150 valence electrons. The topological polar surface area (TPSA) is 101 Å². The third-order valence-corrected chi connectivity index (χ3v) is 6.52. The Morgan fingerprint density at radius 3 is 1.70 bits per heavy atom. The molecular weight excluding hydrogens is 509 g/mol. The first-order valence-corrected chi connectivity index (χ1v) is 12.0. The van der Waals surface area contributed by atoms with Crippen LogP contribution in [0.2, 0.25) is 0 Å². The van der Waals surface area contributed by atoms with Gasteiger partial charge in [-0.15, -0.1) is 0 Å². The maximum absolute atomic E-state index is 12.1. The van der Waals surface area contributed by atoms with E-state index in [0.717, 1.165) is 31.4 Å². The molecule has 0 aromatic heterocycles. The Kier molecular flexibility index (Phi) is 15.6. The first-order chi connectivity index (χ1) is 12.3. The predicted molar refractivity (Wildman–Crippen MR) is 99.4 cm³/mol. The van der Waals surface area contributed by atoms with Crippen molar-refractivity contribution in [3.8, 4) is 0 Å². The molecule has 0 fully saturated rings. The largest absolute Gasteiger partial charge is 1.00 e. The summed E-state index contributed by atoms with van der Waals surface area (Å²) in [6, 6.07) is 4.69. The summed E-state index contributed by atoms with van der Waals surface area (Å²) in [5, 5.41) is 0. The second kappa shape index (κ2) is 15.0. The Balaban J connectivity index is 0.00000676. The van der Waals surface area contributed by atoms with Crippen LogP contribution in [0.5, 0.6) is 0 Å². The fourth-order valence-corrected chi connectivity index (χ4v) is 4.88. The van der Waals surface area contributed by atoms with Gasteiger partial charge in [-0.3, -0.25) is 4.18 Å². The van der Waals surface area contributed by atoms with Crippen molar-refractivity contribution < 1.29 is 94.5 Å². The van der Waals surface area contributed by atoms with Crippen LogP contribution in [0.25, 0.3) is 0 Å². The van der Waals surface area contributed by atoms with Crippen LogP contribution in [0, 0.1) is 0 Å². The molecule has 0 amide bonds. The monoisotopic (exact) mass is 538 g/mol. The molecule has 0 radical (unpaired) electrons. The van der Waals surface area contributed by atoms with Crippen LogP contribution in [0.1, 0.15) is 71.1 Å². The van der Waals surface area contributed by atoms with Crippen LogP contribution >= 0.6 is 0 Å². The van der Waals surface area contributed by atoms with Crippen molar-refractivity contribution in [1.82, 2.24) is 0 Å². The second-order valence-corrected chi connectivity index (χ2v) is 9.29. The maximum Gasteiger partial charge on any atom is 1.00 e. The Bertz CT molecular complexity index is 732. The molecule has 1 rings (SSSR count). The van der Waals surface area contributed by atoms with Gasteiger partial charge in [0.2, 0.25) is 0 Å². The quantitative estimate of drug-likeness (QED) is 0.201. The van der Waals surface area contributed by atoms with E-state index in [1.165, 1.54) is 50.7 Å². The molecule has 0 heterocycles.